The Morgan fingerprint density at radius 3 is 1.63 bits per heavy atom. The molecule has 1 atom stereocenters. The van der Waals surface area contributed by atoms with Gasteiger partial charge in [0.1, 0.15) is 0 Å². The topological polar surface area (TPSA) is 0 Å². The van der Waals surface area contributed by atoms with E-state index in [2.05, 4.69) is 39.6 Å². The average molecular weight is 508 g/mol. The molecule has 0 saturated heterocycles. The van der Waals surface area contributed by atoms with Crippen molar-refractivity contribution in [2.45, 2.75) is 6.42 Å². The van der Waals surface area contributed by atoms with E-state index < -0.39 is 0 Å². The maximum absolute atomic E-state index is 2.75. The molecule has 0 saturated carbocycles. The van der Waals surface area contributed by atoms with Crippen LogP contribution in [0.25, 0.3) is 6.08 Å². The summed E-state index contributed by atoms with van der Waals surface area (Å²) in [6, 6.07) is 6.41. The van der Waals surface area contributed by atoms with E-state index in [0.29, 0.717) is 0 Å². The van der Waals surface area contributed by atoms with Gasteiger partial charge in [-0.3, -0.25) is 0 Å². The quantitative estimate of drug-likeness (QED) is 0.470. The Morgan fingerprint density at radius 2 is 1.21 bits per heavy atom. The molecule has 0 heterocycles. The predicted octanol–water partition coefficient (Wildman–Crippen LogP) is 1.76. The SMILES string of the molecule is Pc1cccc2c1C=CC2.[Ar].[Ar].[Ar].[Ar].[Ar].[Ar].[Ar].[Ar].[Ar]. The van der Waals surface area contributed by atoms with Crippen LogP contribution in [0.3, 0.4) is 0 Å². The maximum atomic E-state index is 2.75. The Morgan fingerprint density at radius 1 is 0.737 bits per heavy atom. The summed E-state index contributed by atoms with van der Waals surface area (Å²) in [6.45, 7) is 0. The second kappa shape index (κ2) is 33.4. The molecule has 0 spiro atoms. The van der Waals surface area contributed by atoms with E-state index in [4.69, 9.17) is 0 Å². The van der Waals surface area contributed by atoms with Crippen LogP contribution in [0.2, 0.25) is 0 Å². The third-order valence-electron chi connectivity index (χ3n) is 1.85. The van der Waals surface area contributed by atoms with Crippen LogP contribution in [0, 0.1) is 340 Å². The molecule has 1 aliphatic carbocycles. The van der Waals surface area contributed by atoms with Crippen molar-refractivity contribution < 1.29 is 340 Å². The fourth-order valence-electron chi connectivity index (χ4n) is 1.32. The Balaban J connectivity index is -0.0000000224. The summed E-state index contributed by atoms with van der Waals surface area (Å²) in [4.78, 5) is 0. The van der Waals surface area contributed by atoms with Gasteiger partial charge in [-0.15, -0.1) is 9.24 Å². The zero-order chi connectivity index (χ0) is 6.97. The van der Waals surface area contributed by atoms with Crippen LogP contribution in [0.4, 0.5) is 0 Å². The molecular formula is C9H9Ar9P. The van der Waals surface area contributed by atoms with Crippen LogP contribution in [0.1, 0.15) is 11.1 Å². The smallest absolute Gasteiger partial charge is 0 e. The van der Waals surface area contributed by atoms with Gasteiger partial charge in [0.05, 0.1) is 0 Å². The first kappa shape index (κ1) is 52.0. The van der Waals surface area contributed by atoms with Crippen molar-refractivity contribution in [3.63, 3.8) is 0 Å². The van der Waals surface area contributed by atoms with Crippen LogP contribution in [0.5, 0.6) is 0 Å². The van der Waals surface area contributed by atoms with Gasteiger partial charge >= 0.3 is 0 Å². The number of allylic oxidation sites excluding steroid dienone is 1. The molecule has 0 aliphatic heterocycles. The number of hydrogen-bond acceptors (Lipinski definition) is 0. The van der Waals surface area contributed by atoms with Gasteiger partial charge in [-0.2, -0.15) is 0 Å². The number of hydrogen-bond donors (Lipinski definition) is 0. The summed E-state index contributed by atoms with van der Waals surface area (Å²) in [5.74, 6) is 0. The Labute approximate surface area is 388 Å². The predicted molar refractivity (Wildman–Crippen MR) is 48.5 cm³/mol. The van der Waals surface area contributed by atoms with Crippen molar-refractivity contribution in [3.05, 3.63) is 35.4 Å². The van der Waals surface area contributed by atoms with Crippen molar-refractivity contribution in [1.29, 1.82) is 0 Å². The van der Waals surface area contributed by atoms with E-state index in [1.165, 1.54) is 16.4 Å². The molecule has 0 aromatic heterocycles. The minimum absolute atomic E-state index is 0. The van der Waals surface area contributed by atoms with Crippen molar-refractivity contribution in [2.75, 3.05) is 0 Å². The fourth-order valence-corrected chi connectivity index (χ4v) is 1.71. The first-order valence-corrected chi connectivity index (χ1v) is 3.99. The van der Waals surface area contributed by atoms with E-state index in [1.807, 2.05) is 0 Å². The van der Waals surface area contributed by atoms with E-state index in [9.17, 15) is 0 Å². The summed E-state index contributed by atoms with van der Waals surface area (Å²) in [7, 11) is 2.75. The first-order valence-electron chi connectivity index (χ1n) is 3.42. The summed E-state index contributed by atoms with van der Waals surface area (Å²) in [5, 5.41) is 1.31. The molecule has 0 amide bonds. The third-order valence-corrected chi connectivity index (χ3v) is 2.36. The molecule has 122 valence electrons. The molecule has 10 heteroatoms. The number of fused-ring (bicyclic) bond motifs is 1. The molecule has 1 aromatic carbocycles. The number of benzene rings is 1. The van der Waals surface area contributed by atoms with Gasteiger partial charge in [-0.1, -0.05) is 30.4 Å². The second-order valence-corrected chi connectivity index (χ2v) is 3.15. The molecule has 1 aliphatic rings. The van der Waals surface area contributed by atoms with Gasteiger partial charge in [0.25, 0.3) is 0 Å². The van der Waals surface area contributed by atoms with E-state index >= 15 is 0 Å². The zero-order valence-corrected chi connectivity index (χ0v) is 16.4. The van der Waals surface area contributed by atoms with Gasteiger partial charge in [0.15, 0.2) is 0 Å². The molecular weight excluding hydrogens is 499 g/mol. The first-order chi connectivity index (χ1) is 4.88. The van der Waals surface area contributed by atoms with E-state index in [1.54, 1.807) is 0 Å². The van der Waals surface area contributed by atoms with E-state index in [-0.39, 0.29) is 340 Å². The zero-order valence-electron chi connectivity index (χ0n) is 8.85. The van der Waals surface area contributed by atoms with Crippen LogP contribution >= 0.6 is 9.24 Å². The Hall–Kier alpha value is 10.7. The summed E-state index contributed by atoms with van der Waals surface area (Å²) in [5.41, 5.74) is 2.85. The van der Waals surface area contributed by atoms with Crippen molar-refractivity contribution >= 4 is 20.6 Å². The van der Waals surface area contributed by atoms with Crippen LogP contribution < -0.4 is 5.30 Å². The monoisotopic (exact) mass is 508 g/mol. The molecule has 2 rings (SSSR count). The molecule has 0 radical (unpaired) electrons. The normalized spacial score (nSPS) is 7.21. The van der Waals surface area contributed by atoms with Gasteiger partial charge in [0.2, 0.25) is 0 Å². The standard InChI is InChI=1S/C9H9P.9Ar/c10-9-6-2-4-7-3-1-5-8(7)9;;;;;;;;;/h1-2,4-6H,3,10H2;;;;;;;;;. The summed E-state index contributed by atoms with van der Waals surface area (Å²) >= 11 is 0. The largest absolute Gasteiger partial charge is 0.105 e. The van der Waals surface area contributed by atoms with Crippen molar-refractivity contribution in [3.8, 4) is 0 Å². The molecule has 0 bridgehead atoms. The summed E-state index contributed by atoms with van der Waals surface area (Å²) < 4.78 is 0. The summed E-state index contributed by atoms with van der Waals surface area (Å²) in [6.07, 6.45) is 5.51. The molecule has 0 nitrogen and oxygen atoms in total. The van der Waals surface area contributed by atoms with Gasteiger partial charge < -0.3 is 0 Å². The molecule has 1 aromatic rings. The Bertz CT molecular complexity index is 306. The average Bonchev–Trinajstić information content (AvgIpc) is 2.36. The fraction of sp³-hybridized carbons (Fsp3) is 0.111. The molecule has 19 heavy (non-hydrogen) atoms. The molecule has 0 fully saturated rings. The third kappa shape index (κ3) is 21.7. The van der Waals surface area contributed by atoms with Crippen molar-refractivity contribution in [2.24, 2.45) is 0 Å². The van der Waals surface area contributed by atoms with Gasteiger partial charge in [-0.25, -0.2) is 0 Å². The van der Waals surface area contributed by atoms with Crippen LogP contribution in [-0.4, -0.2) is 0 Å². The molecule has 0 N–H and O–H groups in total. The van der Waals surface area contributed by atoms with Crippen LogP contribution in [0.15, 0.2) is 24.3 Å². The maximum Gasteiger partial charge on any atom is 0 e. The minimum Gasteiger partial charge on any atom is -0.105 e. The van der Waals surface area contributed by atoms with Crippen LogP contribution in [-0.2, 0) is 6.42 Å². The second-order valence-electron chi connectivity index (χ2n) is 2.53. The van der Waals surface area contributed by atoms with E-state index in [0.717, 1.165) is 6.42 Å². The Kier molecular flexibility index (Phi) is 91.3. The molecule has 1 unspecified atom stereocenters. The van der Waals surface area contributed by atoms with Crippen molar-refractivity contribution in [1.82, 2.24) is 0 Å². The number of rotatable bonds is 0. The minimum atomic E-state index is 0. The van der Waals surface area contributed by atoms with Gasteiger partial charge in [0, 0.05) is 340 Å². The van der Waals surface area contributed by atoms with Gasteiger partial charge in [-0.05, 0) is 22.9 Å².